The van der Waals surface area contributed by atoms with E-state index < -0.39 is 0 Å². The lowest BCUT2D eigenvalue weighted by atomic mass is 10.1. The van der Waals surface area contributed by atoms with Crippen molar-refractivity contribution in [1.29, 1.82) is 0 Å². The standard InChI is InChI=1S/C17H24ClN3/c1-11(2)9-19-10-15-6-7-17(16(18)8-15)21-14(5)12(3)13(4)20-21/h6-8,11,19H,9-10H2,1-5H3. The fraction of sp³-hybridized carbons (Fsp3) is 0.471. The number of nitrogens with zero attached hydrogens (tertiary/aromatic N) is 2. The minimum atomic E-state index is 0.650. The van der Waals surface area contributed by atoms with Crippen LogP contribution in [0.3, 0.4) is 0 Å². The van der Waals surface area contributed by atoms with Crippen LogP contribution >= 0.6 is 11.6 Å². The predicted molar refractivity (Wildman–Crippen MR) is 89.3 cm³/mol. The second-order valence-corrected chi connectivity index (χ2v) is 6.43. The third kappa shape index (κ3) is 3.66. The van der Waals surface area contributed by atoms with Crippen LogP contribution in [0.25, 0.3) is 5.69 Å². The number of benzene rings is 1. The first kappa shape index (κ1) is 16.1. The second kappa shape index (κ2) is 6.63. The molecule has 0 spiro atoms. The van der Waals surface area contributed by atoms with E-state index in [4.69, 9.17) is 11.6 Å². The van der Waals surface area contributed by atoms with Crippen molar-refractivity contribution in [2.75, 3.05) is 6.54 Å². The highest BCUT2D eigenvalue weighted by Crippen LogP contribution is 2.24. The SMILES string of the molecule is Cc1nn(-c2ccc(CNCC(C)C)cc2Cl)c(C)c1C. The molecule has 0 aliphatic rings. The van der Waals surface area contributed by atoms with Crippen LogP contribution in [-0.4, -0.2) is 16.3 Å². The van der Waals surface area contributed by atoms with Gasteiger partial charge in [0.2, 0.25) is 0 Å². The highest BCUT2D eigenvalue weighted by atomic mass is 35.5. The second-order valence-electron chi connectivity index (χ2n) is 6.02. The van der Waals surface area contributed by atoms with Crippen LogP contribution in [-0.2, 0) is 6.54 Å². The summed E-state index contributed by atoms with van der Waals surface area (Å²) in [6, 6.07) is 6.18. The maximum atomic E-state index is 6.45. The van der Waals surface area contributed by atoms with Crippen LogP contribution < -0.4 is 5.32 Å². The molecule has 0 saturated carbocycles. The van der Waals surface area contributed by atoms with E-state index in [1.807, 2.05) is 23.7 Å². The van der Waals surface area contributed by atoms with E-state index >= 15 is 0 Å². The molecular weight excluding hydrogens is 282 g/mol. The molecule has 0 fully saturated rings. The van der Waals surface area contributed by atoms with Crippen molar-refractivity contribution in [2.45, 2.75) is 41.2 Å². The highest BCUT2D eigenvalue weighted by Gasteiger charge is 2.12. The molecule has 0 unspecified atom stereocenters. The molecule has 0 aliphatic heterocycles. The number of halogens is 1. The van der Waals surface area contributed by atoms with Crippen LogP contribution in [0.2, 0.25) is 5.02 Å². The number of rotatable bonds is 5. The third-order valence-electron chi connectivity index (χ3n) is 3.78. The summed E-state index contributed by atoms with van der Waals surface area (Å²) in [7, 11) is 0. The van der Waals surface area contributed by atoms with E-state index in [2.05, 4.69) is 44.2 Å². The Hall–Kier alpha value is -1.32. The highest BCUT2D eigenvalue weighted by molar-refractivity contribution is 6.32. The van der Waals surface area contributed by atoms with E-state index in [0.29, 0.717) is 5.92 Å². The lowest BCUT2D eigenvalue weighted by Crippen LogP contribution is -2.19. The summed E-state index contributed by atoms with van der Waals surface area (Å²) >= 11 is 6.45. The molecule has 21 heavy (non-hydrogen) atoms. The van der Waals surface area contributed by atoms with Gasteiger partial charge in [-0.3, -0.25) is 0 Å². The van der Waals surface area contributed by atoms with Gasteiger partial charge in [0, 0.05) is 12.2 Å². The largest absolute Gasteiger partial charge is 0.312 e. The number of aromatic nitrogens is 2. The molecule has 1 heterocycles. The molecular formula is C17H24ClN3. The van der Waals surface area contributed by atoms with Crippen LogP contribution in [0.5, 0.6) is 0 Å². The van der Waals surface area contributed by atoms with Gasteiger partial charge in [-0.05, 0) is 56.5 Å². The fourth-order valence-electron chi connectivity index (χ4n) is 2.29. The van der Waals surface area contributed by atoms with Crippen molar-refractivity contribution in [2.24, 2.45) is 5.92 Å². The van der Waals surface area contributed by atoms with E-state index in [1.165, 1.54) is 11.1 Å². The fourth-order valence-corrected chi connectivity index (χ4v) is 2.58. The van der Waals surface area contributed by atoms with Crippen LogP contribution in [0.4, 0.5) is 0 Å². The molecule has 0 bridgehead atoms. The number of hydrogen-bond donors (Lipinski definition) is 1. The van der Waals surface area contributed by atoms with Gasteiger partial charge in [-0.2, -0.15) is 5.10 Å². The van der Waals surface area contributed by atoms with Crippen molar-refractivity contribution in [3.05, 3.63) is 45.7 Å². The number of hydrogen-bond acceptors (Lipinski definition) is 2. The summed E-state index contributed by atoms with van der Waals surface area (Å²) in [5, 5.41) is 8.74. The normalized spacial score (nSPS) is 11.4. The van der Waals surface area contributed by atoms with Crippen molar-refractivity contribution in [1.82, 2.24) is 15.1 Å². The maximum absolute atomic E-state index is 6.45. The molecule has 0 atom stereocenters. The first-order valence-electron chi connectivity index (χ1n) is 7.42. The van der Waals surface area contributed by atoms with Gasteiger partial charge < -0.3 is 5.32 Å². The molecule has 1 aromatic heterocycles. The summed E-state index contributed by atoms with van der Waals surface area (Å²) in [5.74, 6) is 0.650. The lowest BCUT2D eigenvalue weighted by molar-refractivity contribution is 0.552. The van der Waals surface area contributed by atoms with E-state index in [-0.39, 0.29) is 0 Å². The van der Waals surface area contributed by atoms with Gasteiger partial charge in [0.1, 0.15) is 0 Å². The molecule has 0 amide bonds. The molecule has 2 rings (SSSR count). The summed E-state index contributed by atoms with van der Waals surface area (Å²) < 4.78 is 1.93. The Labute approximate surface area is 132 Å². The third-order valence-corrected chi connectivity index (χ3v) is 4.08. The van der Waals surface area contributed by atoms with Crippen LogP contribution in [0, 0.1) is 26.7 Å². The average molecular weight is 306 g/mol. The van der Waals surface area contributed by atoms with Crippen LogP contribution in [0.15, 0.2) is 18.2 Å². The topological polar surface area (TPSA) is 29.9 Å². The van der Waals surface area contributed by atoms with E-state index in [9.17, 15) is 0 Å². The van der Waals surface area contributed by atoms with E-state index in [1.54, 1.807) is 0 Å². The Morgan fingerprint density at radius 2 is 1.95 bits per heavy atom. The summed E-state index contributed by atoms with van der Waals surface area (Å²) in [6.07, 6.45) is 0. The van der Waals surface area contributed by atoms with Gasteiger partial charge in [-0.15, -0.1) is 0 Å². The first-order valence-corrected chi connectivity index (χ1v) is 7.80. The molecule has 3 nitrogen and oxygen atoms in total. The summed E-state index contributed by atoms with van der Waals surface area (Å²) in [6.45, 7) is 12.4. The maximum Gasteiger partial charge on any atom is 0.0835 e. The van der Waals surface area contributed by atoms with Gasteiger partial charge in [0.05, 0.1) is 16.4 Å². The first-order chi connectivity index (χ1) is 9.90. The Kier molecular flexibility index (Phi) is 5.07. The minimum absolute atomic E-state index is 0.650. The molecule has 1 aromatic carbocycles. The Morgan fingerprint density at radius 3 is 2.48 bits per heavy atom. The Balaban J connectivity index is 2.21. The summed E-state index contributed by atoms with van der Waals surface area (Å²) in [4.78, 5) is 0. The average Bonchev–Trinajstić information content (AvgIpc) is 2.66. The lowest BCUT2D eigenvalue weighted by Gasteiger charge is -2.11. The van der Waals surface area contributed by atoms with Gasteiger partial charge in [0.25, 0.3) is 0 Å². The van der Waals surface area contributed by atoms with Gasteiger partial charge in [-0.1, -0.05) is 31.5 Å². The van der Waals surface area contributed by atoms with Crippen LogP contribution in [0.1, 0.15) is 36.4 Å². The molecule has 4 heteroatoms. The smallest absolute Gasteiger partial charge is 0.0835 e. The number of nitrogens with one attached hydrogen (secondary N) is 1. The number of aryl methyl sites for hydroxylation is 1. The predicted octanol–water partition coefficient (Wildman–Crippen LogP) is 4.20. The molecule has 2 aromatic rings. The van der Waals surface area contributed by atoms with Gasteiger partial charge in [0.15, 0.2) is 0 Å². The van der Waals surface area contributed by atoms with E-state index in [0.717, 1.165) is 35.2 Å². The van der Waals surface area contributed by atoms with Crippen molar-refractivity contribution >= 4 is 11.6 Å². The van der Waals surface area contributed by atoms with Crippen molar-refractivity contribution in [3.63, 3.8) is 0 Å². The molecule has 0 saturated heterocycles. The Morgan fingerprint density at radius 1 is 1.24 bits per heavy atom. The zero-order valence-corrected chi connectivity index (χ0v) is 14.3. The minimum Gasteiger partial charge on any atom is -0.312 e. The van der Waals surface area contributed by atoms with Gasteiger partial charge >= 0.3 is 0 Å². The molecule has 0 aliphatic carbocycles. The Bertz CT molecular complexity index is 629. The zero-order valence-electron chi connectivity index (χ0n) is 13.5. The van der Waals surface area contributed by atoms with Crippen molar-refractivity contribution in [3.8, 4) is 5.69 Å². The molecule has 0 radical (unpaired) electrons. The summed E-state index contributed by atoms with van der Waals surface area (Å²) in [5.41, 5.74) is 5.54. The monoisotopic (exact) mass is 305 g/mol. The quantitative estimate of drug-likeness (QED) is 0.897. The van der Waals surface area contributed by atoms with Crippen molar-refractivity contribution < 1.29 is 0 Å². The molecule has 1 N–H and O–H groups in total. The zero-order chi connectivity index (χ0) is 15.6. The van der Waals surface area contributed by atoms with Gasteiger partial charge in [-0.25, -0.2) is 4.68 Å². The molecule has 114 valence electrons.